The molecule has 98 valence electrons. The van der Waals surface area contributed by atoms with E-state index >= 15 is 0 Å². The fourth-order valence-corrected chi connectivity index (χ4v) is 1.99. The highest BCUT2D eigenvalue weighted by Gasteiger charge is 2.21. The third-order valence-corrected chi connectivity index (χ3v) is 3.01. The van der Waals surface area contributed by atoms with E-state index in [0.29, 0.717) is 0 Å². The first-order valence-corrected chi connectivity index (χ1v) is 6.12. The van der Waals surface area contributed by atoms with Crippen molar-refractivity contribution in [1.29, 1.82) is 0 Å². The third-order valence-electron chi connectivity index (χ3n) is 2.71. The van der Waals surface area contributed by atoms with Gasteiger partial charge in [-0.2, -0.15) is 0 Å². The number of rotatable bonds is 4. The number of halogens is 1. The van der Waals surface area contributed by atoms with Crippen LogP contribution in [0.25, 0.3) is 0 Å². The topological polar surface area (TPSA) is 52.4 Å². The summed E-state index contributed by atoms with van der Waals surface area (Å²) in [7, 11) is 0. The highest BCUT2D eigenvalue weighted by atomic mass is 35.5. The van der Waals surface area contributed by atoms with Gasteiger partial charge in [0.25, 0.3) is 0 Å². The predicted molar refractivity (Wildman–Crippen MR) is 73.6 cm³/mol. The fraction of sp³-hybridized carbons (Fsp3) is 0.143. The summed E-state index contributed by atoms with van der Waals surface area (Å²) in [4.78, 5) is 10.5. The molecule has 0 N–H and O–H groups in total. The van der Waals surface area contributed by atoms with Crippen LogP contribution in [0.5, 0.6) is 5.75 Å². The van der Waals surface area contributed by atoms with E-state index in [1.54, 1.807) is 12.1 Å². The molecular formula is C14H12ClNO3. The summed E-state index contributed by atoms with van der Waals surface area (Å²) < 4.78 is 5.65. The number of hydrogen-bond acceptors (Lipinski definition) is 3. The number of nitro benzene ring substituents is 1. The van der Waals surface area contributed by atoms with Crippen LogP contribution < -0.4 is 4.74 Å². The molecule has 0 radical (unpaired) electrons. The number of benzene rings is 2. The minimum Gasteiger partial charge on any atom is -0.479 e. The molecule has 2 aromatic carbocycles. The van der Waals surface area contributed by atoms with Gasteiger partial charge in [0.15, 0.2) is 5.75 Å². The third kappa shape index (κ3) is 3.03. The van der Waals surface area contributed by atoms with E-state index in [1.807, 2.05) is 37.3 Å². The first-order chi connectivity index (χ1) is 9.09. The molecule has 0 heterocycles. The lowest BCUT2D eigenvalue weighted by Crippen LogP contribution is -2.05. The first-order valence-electron chi connectivity index (χ1n) is 5.74. The summed E-state index contributed by atoms with van der Waals surface area (Å²) in [6.45, 7) is 1.83. The SMILES string of the molecule is CC(Oc1cccc(Cl)c1[N+](=O)[O-])c1ccccc1. The summed E-state index contributed by atoms with van der Waals surface area (Å²) in [5.41, 5.74) is 0.740. The quantitative estimate of drug-likeness (QED) is 0.615. The molecule has 0 amide bonds. The maximum absolute atomic E-state index is 11.0. The van der Waals surface area contributed by atoms with Crippen molar-refractivity contribution >= 4 is 17.3 Å². The number of hydrogen-bond donors (Lipinski definition) is 0. The van der Waals surface area contributed by atoms with Gasteiger partial charge in [-0.25, -0.2) is 0 Å². The molecule has 1 atom stereocenters. The predicted octanol–water partition coefficient (Wildman–Crippen LogP) is 4.39. The molecule has 0 saturated carbocycles. The van der Waals surface area contributed by atoms with Crippen LogP contribution in [-0.2, 0) is 0 Å². The molecule has 0 aromatic heterocycles. The molecule has 0 saturated heterocycles. The van der Waals surface area contributed by atoms with Gasteiger partial charge in [0, 0.05) is 0 Å². The second-order valence-electron chi connectivity index (χ2n) is 4.01. The van der Waals surface area contributed by atoms with Crippen LogP contribution in [0, 0.1) is 10.1 Å². The van der Waals surface area contributed by atoms with Gasteiger partial charge in [0.2, 0.25) is 0 Å². The minimum absolute atomic E-state index is 0.0720. The Morgan fingerprint density at radius 1 is 1.16 bits per heavy atom. The first kappa shape index (κ1) is 13.4. The van der Waals surface area contributed by atoms with Crippen LogP contribution in [0.15, 0.2) is 48.5 Å². The van der Waals surface area contributed by atoms with Gasteiger partial charge in [0.1, 0.15) is 11.1 Å². The lowest BCUT2D eigenvalue weighted by Gasteiger charge is -2.15. The summed E-state index contributed by atoms with van der Waals surface area (Å²) in [6, 6.07) is 14.1. The van der Waals surface area contributed by atoms with Gasteiger partial charge in [-0.3, -0.25) is 10.1 Å². The van der Waals surface area contributed by atoms with Crippen molar-refractivity contribution in [2.45, 2.75) is 13.0 Å². The summed E-state index contributed by atoms with van der Waals surface area (Å²) >= 11 is 5.83. The van der Waals surface area contributed by atoms with Crippen molar-refractivity contribution in [2.75, 3.05) is 0 Å². The standard InChI is InChI=1S/C14H12ClNO3/c1-10(11-6-3-2-4-7-11)19-13-9-5-8-12(15)14(13)16(17)18/h2-10H,1H3. The Balaban J connectivity index is 2.29. The average molecular weight is 278 g/mol. The Kier molecular flexibility index (Phi) is 4.02. The average Bonchev–Trinajstić information content (AvgIpc) is 2.39. The lowest BCUT2D eigenvalue weighted by molar-refractivity contribution is -0.385. The molecule has 0 aliphatic heterocycles. The number of nitro groups is 1. The molecule has 0 spiro atoms. The van der Waals surface area contributed by atoms with Gasteiger partial charge in [-0.15, -0.1) is 0 Å². The number of para-hydroxylation sites is 1. The van der Waals surface area contributed by atoms with Gasteiger partial charge < -0.3 is 4.74 Å². The minimum atomic E-state index is -0.532. The second kappa shape index (κ2) is 5.71. The Bertz CT molecular complexity index is 586. The van der Waals surface area contributed by atoms with E-state index in [9.17, 15) is 10.1 Å². The molecule has 5 heteroatoms. The van der Waals surface area contributed by atoms with Crippen molar-refractivity contribution in [3.8, 4) is 5.75 Å². The van der Waals surface area contributed by atoms with Crippen molar-refractivity contribution < 1.29 is 9.66 Å². The van der Waals surface area contributed by atoms with Crippen LogP contribution in [0.3, 0.4) is 0 Å². The summed E-state index contributed by atoms with van der Waals surface area (Å²) in [5, 5.41) is 11.1. The van der Waals surface area contributed by atoms with Crippen molar-refractivity contribution in [3.05, 3.63) is 69.2 Å². The maximum atomic E-state index is 11.0. The maximum Gasteiger partial charge on any atom is 0.329 e. The molecule has 2 aromatic rings. The Morgan fingerprint density at radius 2 is 1.84 bits per heavy atom. The largest absolute Gasteiger partial charge is 0.479 e. The van der Waals surface area contributed by atoms with Crippen molar-refractivity contribution in [3.63, 3.8) is 0 Å². The normalized spacial score (nSPS) is 11.9. The molecular weight excluding hydrogens is 266 g/mol. The molecule has 4 nitrogen and oxygen atoms in total. The lowest BCUT2D eigenvalue weighted by atomic mass is 10.1. The van der Waals surface area contributed by atoms with E-state index in [-0.39, 0.29) is 22.6 Å². The zero-order valence-corrected chi connectivity index (χ0v) is 11.0. The molecule has 0 aliphatic carbocycles. The summed E-state index contributed by atoms with van der Waals surface area (Å²) in [5.74, 6) is 0.175. The van der Waals surface area contributed by atoms with Crippen LogP contribution in [0.4, 0.5) is 5.69 Å². The Labute approximate surface area is 115 Å². The van der Waals surface area contributed by atoms with Crippen molar-refractivity contribution in [1.82, 2.24) is 0 Å². The van der Waals surface area contributed by atoms with E-state index in [2.05, 4.69) is 0 Å². The zero-order valence-electron chi connectivity index (χ0n) is 10.2. The van der Waals surface area contributed by atoms with Gasteiger partial charge in [-0.1, -0.05) is 48.0 Å². The molecule has 1 unspecified atom stereocenters. The van der Waals surface area contributed by atoms with Crippen LogP contribution in [-0.4, -0.2) is 4.92 Å². The fourth-order valence-electron chi connectivity index (χ4n) is 1.75. The number of nitrogens with zero attached hydrogens (tertiary/aromatic N) is 1. The van der Waals surface area contributed by atoms with Crippen LogP contribution >= 0.6 is 11.6 Å². The zero-order chi connectivity index (χ0) is 13.8. The van der Waals surface area contributed by atoms with Crippen LogP contribution in [0.2, 0.25) is 5.02 Å². The smallest absolute Gasteiger partial charge is 0.329 e. The summed E-state index contributed by atoms with van der Waals surface area (Å²) in [6.07, 6.45) is -0.293. The number of ether oxygens (including phenoxy) is 1. The second-order valence-corrected chi connectivity index (χ2v) is 4.42. The molecule has 2 rings (SSSR count). The highest BCUT2D eigenvalue weighted by molar-refractivity contribution is 6.32. The molecule has 19 heavy (non-hydrogen) atoms. The van der Waals surface area contributed by atoms with Gasteiger partial charge in [-0.05, 0) is 24.6 Å². The molecule has 0 aliphatic rings. The van der Waals surface area contributed by atoms with E-state index < -0.39 is 4.92 Å². The van der Waals surface area contributed by atoms with Gasteiger partial charge in [0.05, 0.1) is 4.92 Å². The molecule has 0 fully saturated rings. The van der Waals surface area contributed by atoms with Crippen molar-refractivity contribution in [2.24, 2.45) is 0 Å². The van der Waals surface area contributed by atoms with E-state index in [4.69, 9.17) is 16.3 Å². The highest BCUT2D eigenvalue weighted by Crippen LogP contribution is 2.36. The van der Waals surface area contributed by atoms with E-state index in [0.717, 1.165) is 5.56 Å². The van der Waals surface area contributed by atoms with E-state index in [1.165, 1.54) is 6.07 Å². The Morgan fingerprint density at radius 3 is 2.47 bits per heavy atom. The monoisotopic (exact) mass is 277 g/mol. The van der Waals surface area contributed by atoms with Crippen LogP contribution in [0.1, 0.15) is 18.6 Å². The molecule has 0 bridgehead atoms. The Hall–Kier alpha value is -2.07. The van der Waals surface area contributed by atoms with Gasteiger partial charge >= 0.3 is 5.69 Å².